The lowest BCUT2D eigenvalue weighted by Gasteiger charge is -2.41. The molecule has 2 aromatic rings. The van der Waals surface area contributed by atoms with Crippen LogP contribution in [0, 0.1) is 5.82 Å². The largest absolute Gasteiger partial charge is 0.376 e. The Hall–Kier alpha value is -2.06. The van der Waals surface area contributed by atoms with E-state index in [-0.39, 0.29) is 24.5 Å². The first-order valence-electron chi connectivity index (χ1n) is 6.90. The average Bonchev–Trinajstić information content (AvgIpc) is 2.42. The van der Waals surface area contributed by atoms with E-state index in [1.54, 1.807) is 12.1 Å². The maximum Gasteiger partial charge on any atom is 0.254 e. The van der Waals surface area contributed by atoms with E-state index in [0.717, 1.165) is 12.3 Å². The molecule has 1 saturated heterocycles. The van der Waals surface area contributed by atoms with Gasteiger partial charge in [-0.1, -0.05) is 6.07 Å². The molecule has 1 N–H and O–H groups in total. The second kappa shape index (κ2) is 5.54. The maximum atomic E-state index is 13.7. The van der Waals surface area contributed by atoms with Crippen molar-refractivity contribution < 1.29 is 22.3 Å². The summed E-state index contributed by atoms with van der Waals surface area (Å²) in [4.78, 5) is 16.7. The van der Waals surface area contributed by atoms with Crippen molar-refractivity contribution >= 4 is 26.6 Å². The molecule has 1 fully saturated rings. The van der Waals surface area contributed by atoms with Crippen molar-refractivity contribution in [3.8, 4) is 0 Å². The highest BCUT2D eigenvalue weighted by Gasteiger charge is 2.43. The van der Waals surface area contributed by atoms with E-state index in [1.165, 1.54) is 12.3 Å². The second-order valence-electron chi connectivity index (χ2n) is 5.83. The van der Waals surface area contributed by atoms with Gasteiger partial charge < -0.3 is 10.1 Å². The first-order valence-corrected chi connectivity index (χ1v) is 8.96. The van der Waals surface area contributed by atoms with Crippen LogP contribution in [0.5, 0.6) is 0 Å². The first kappa shape index (κ1) is 15.8. The number of carbonyl (C=O) groups is 1. The van der Waals surface area contributed by atoms with Crippen molar-refractivity contribution in [3.63, 3.8) is 0 Å². The van der Waals surface area contributed by atoms with Crippen LogP contribution in [0.15, 0.2) is 30.5 Å². The Morgan fingerprint density at radius 2 is 2.17 bits per heavy atom. The fraction of sp³-hybridized carbons (Fsp3) is 0.333. The Morgan fingerprint density at radius 1 is 1.43 bits per heavy atom. The molecule has 1 amide bonds. The number of pyridine rings is 1. The van der Waals surface area contributed by atoms with Crippen LogP contribution < -0.4 is 5.32 Å². The smallest absolute Gasteiger partial charge is 0.254 e. The molecule has 0 unspecified atom stereocenters. The highest BCUT2D eigenvalue weighted by Crippen LogP contribution is 2.23. The topological polar surface area (TPSA) is 85.4 Å². The fourth-order valence-corrected chi connectivity index (χ4v) is 3.92. The van der Waals surface area contributed by atoms with Crippen LogP contribution in [-0.2, 0) is 14.6 Å². The third-order valence-corrected chi connectivity index (χ3v) is 4.67. The van der Waals surface area contributed by atoms with Gasteiger partial charge in [0, 0.05) is 17.8 Å². The quantitative estimate of drug-likeness (QED) is 0.896. The maximum absolute atomic E-state index is 13.7. The van der Waals surface area contributed by atoms with E-state index < -0.39 is 27.1 Å². The SMILES string of the molecule is CS(=O)(=O)CC1(NC(=O)c2cc(F)cc3cccnc23)COC1. The van der Waals surface area contributed by atoms with Gasteiger partial charge in [-0.05, 0) is 18.2 Å². The van der Waals surface area contributed by atoms with E-state index in [4.69, 9.17) is 4.74 Å². The third-order valence-electron chi connectivity index (χ3n) is 3.59. The summed E-state index contributed by atoms with van der Waals surface area (Å²) < 4.78 is 41.9. The van der Waals surface area contributed by atoms with Gasteiger partial charge in [0.2, 0.25) is 0 Å². The number of hydrogen-bond acceptors (Lipinski definition) is 5. The number of sulfone groups is 1. The highest BCUT2D eigenvalue weighted by atomic mass is 32.2. The zero-order valence-electron chi connectivity index (χ0n) is 12.4. The lowest BCUT2D eigenvalue weighted by Crippen LogP contribution is -2.65. The van der Waals surface area contributed by atoms with Crippen LogP contribution in [0.2, 0.25) is 0 Å². The molecule has 2 heterocycles. The second-order valence-corrected chi connectivity index (χ2v) is 7.97. The first-order chi connectivity index (χ1) is 10.8. The van der Waals surface area contributed by atoms with Crippen LogP contribution in [0.25, 0.3) is 10.9 Å². The molecular weight excluding hydrogens is 323 g/mol. The molecule has 0 saturated carbocycles. The van der Waals surface area contributed by atoms with Gasteiger partial charge in [0.25, 0.3) is 5.91 Å². The Morgan fingerprint density at radius 3 is 2.78 bits per heavy atom. The predicted molar refractivity (Wildman–Crippen MR) is 82.4 cm³/mol. The molecule has 1 aromatic heterocycles. The monoisotopic (exact) mass is 338 g/mol. The molecule has 23 heavy (non-hydrogen) atoms. The standard InChI is InChI=1S/C15H15FN2O4S/c1-23(20,21)9-15(7-22-8-15)18-14(19)12-6-11(16)5-10-3-2-4-17-13(10)12/h2-6H,7-9H2,1H3,(H,18,19). The molecule has 8 heteroatoms. The molecule has 1 aromatic carbocycles. The van der Waals surface area contributed by atoms with Gasteiger partial charge in [0.05, 0.1) is 30.0 Å². The minimum atomic E-state index is -3.31. The summed E-state index contributed by atoms with van der Waals surface area (Å²) >= 11 is 0. The number of aromatic nitrogens is 1. The Kier molecular flexibility index (Phi) is 3.81. The minimum Gasteiger partial charge on any atom is -0.376 e. The van der Waals surface area contributed by atoms with Gasteiger partial charge in [-0.2, -0.15) is 0 Å². The van der Waals surface area contributed by atoms with Crippen molar-refractivity contribution in [2.45, 2.75) is 5.54 Å². The molecule has 3 rings (SSSR count). The third kappa shape index (κ3) is 3.32. The number of amides is 1. The van der Waals surface area contributed by atoms with Crippen LogP contribution in [-0.4, -0.2) is 50.1 Å². The van der Waals surface area contributed by atoms with Gasteiger partial charge in [-0.3, -0.25) is 9.78 Å². The number of fused-ring (bicyclic) bond motifs is 1. The zero-order chi connectivity index (χ0) is 16.7. The van der Waals surface area contributed by atoms with Crippen molar-refractivity contribution in [2.24, 2.45) is 0 Å². The number of rotatable bonds is 4. The molecule has 6 nitrogen and oxygen atoms in total. The number of hydrogen-bond donors (Lipinski definition) is 1. The molecule has 1 aliphatic rings. The molecule has 122 valence electrons. The Balaban J connectivity index is 1.95. The van der Waals surface area contributed by atoms with E-state index in [1.807, 2.05) is 0 Å². The predicted octanol–water partition coefficient (Wildman–Crippen LogP) is 0.917. The molecule has 0 spiro atoms. The highest BCUT2D eigenvalue weighted by molar-refractivity contribution is 7.90. The molecule has 0 aliphatic carbocycles. The summed E-state index contributed by atoms with van der Waals surface area (Å²) in [5.74, 6) is -1.36. The summed E-state index contributed by atoms with van der Waals surface area (Å²) in [6, 6.07) is 5.69. The summed E-state index contributed by atoms with van der Waals surface area (Å²) in [7, 11) is -3.31. The fourth-order valence-electron chi connectivity index (χ4n) is 2.68. The summed E-state index contributed by atoms with van der Waals surface area (Å²) in [6.07, 6.45) is 2.61. The van der Waals surface area contributed by atoms with E-state index in [9.17, 15) is 17.6 Å². The van der Waals surface area contributed by atoms with Crippen LogP contribution >= 0.6 is 0 Å². The number of carbonyl (C=O) groups excluding carboxylic acids is 1. The Labute approximate surface area is 132 Å². The van der Waals surface area contributed by atoms with Gasteiger partial charge >= 0.3 is 0 Å². The molecule has 1 aliphatic heterocycles. The Bertz CT molecular complexity index is 878. The number of nitrogens with one attached hydrogen (secondary N) is 1. The van der Waals surface area contributed by atoms with E-state index in [2.05, 4.69) is 10.3 Å². The number of ether oxygens (including phenoxy) is 1. The summed E-state index contributed by atoms with van der Waals surface area (Å²) in [5.41, 5.74) is -0.542. The molecule has 0 radical (unpaired) electrons. The molecule has 0 bridgehead atoms. The number of nitrogens with zero attached hydrogens (tertiary/aromatic N) is 1. The van der Waals surface area contributed by atoms with Gasteiger partial charge in [0.15, 0.2) is 0 Å². The van der Waals surface area contributed by atoms with Crippen molar-refractivity contribution in [3.05, 3.63) is 41.8 Å². The normalized spacial score (nSPS) is 16.8. The molecular formula is C15H15FN2O4S. The van der Waals surface area contributed by atoms with Gasteiger partial charge in [-0.15, -0.1) is 0 Å². The average molecular weight is 338 g/mol. The van der Waals surface area contributed by atoms with Crippen molar-refractivity contribution in [1.29, 1.82) is 0 Å². The minimum absolute atomic E-state index is 0.0698. The number of halogens is 1. The molecule has 0 atom stereocenters. The number of benzene rings is 1. The van der Waals surface area contributed by atoms with Gasteiger partial charge in [0.1, 0.15) is 21.2 Å². The lowest BCUT2D eigenvalue weighted by molar-refractivity contribution is -0.0574. The summed E-state index contributed by atoms with van der Waals surface area (Å²) in [5, 5.41) is 3.17. The summed E-state index contributed by atoms with van der Waals surface area (Å²) in [6.45, 7) is 0.207. The van der Waals surface area contributed by atoms with Crippen LogP contribution in [0.4, 0.5) is 4.39 Å². The van der Waals surface area contributed by atoms with Crippen molar-refractivity contribution in [1.82, 2.24) is 10.3 Å². The van der Waals surface area contributed by atoms with Crippen LogP contribution in [0.1, 0.15) is 10.4 Å². The van der Waals surface area contributed by atoms with Crippen molar-refractivity contribution in [2.75, 3.05) is 25.2 Å². The lowest BCUT2D eigenvalue weighted by atomic mass is 9.99. The van der Waals surface area contributed by atoms with E-state index in [0.29, 0.717) is 10.9 Å². The van der Waals surface area contributed by atoms with E-state index >= 15 is 0 Å². The zero-order valence-corrected chi connectivity index (χ0v) is 13.2. The van der Waals surface area contributed by atoms with Crippen LogP contribution in [0.3, 0.4) is 0 Å². The van der Waals surface area contributed by atoms with Gasteiger partial charge in [-0.25, -0.2) is 12.8 Å².